The summed E-state index contributed by atoms with van der Waals surface area (Å²) in [6.45, 7) is 8.00. The highest BCUT2D eigenvalue weighted by molar-refractivity contribution is 6.00. The molecule has 3 heterocycles. The summed E-state index contributed by atoms with van der Waals surface area (Å²) in [5.41, 5.74) is 0.809. The van der Waals surface area contributed by atoms with Gasteiger partial charge in [-0.05, 0) is 25.3 Å². The van der Waals surface area contributed by atoms with E-state index in [0.717, 1.165) is 11.8 Å². The monoisotopic (exact) mass is 525 g/mol. The van der Waals surface area contributed by atoms with Gasteiger partial charge in [-0.2, -0.15) is 0 Å². The first-order valence-corrected chi connectivity index (χ1v) is 12.7. The number of aromatic nitrogens is 1. The molecule has 0 aliphatic carbocycles. The fourth-order valence-electron chi connectivity index (χ4n) is 4.33. The first-order chi connectivity index (χ1) is 18.0. The number of cyclic esters (lactones) is 1. The van der Waals surface area contributed by atoms with Gasteiger partial charge in [0, 0.05) is 25.4 Å². The summed E-state index contributed by atoms with van der Waals surface area (Å²) in [6.07, 6.45) is 9.48. The van der Waals surface area contributed by atoms with E-state index in [-0.39, 0.29) is 66.7 Å². The fourth-order valence-corrected chi connectivity index (χ4v) is 4.33. The SMILES string of the molecule is CC1=C/[C@@H](O)CC(=O)Cc2nc(co2)C(=O)N2CCC=C2C(=O)O[C@@H](C(C)C)[C@H](C)/C=C\C(=O)NC/C=C\1. The molecule has 2 N–H and O–H groups in total. The van der Waals surface area contributed by atoms with Crippen molar-refractivity contribution in [1.29, 1.82) is 0 Å². The van der Waals surface area contributed by atoms with Crippen molar-refractivity contribution in [3.05, 3.63) is 65.6 Å². The number of nitrogens with zero attached hydrogens (tertiary/aromatic N) is 2. The Morgan fingerprint density at radius 2 is 1.95 bits per heavy atom. The molecule has 0 fully saturated rings. The van der Waals surface area contributed by atoms with Crippen LogP contribution < -0.4 is 5.32 Å². The first-order valence-electron chi connectivity index (χ1n) is 12.7. The number of carbonyl (C=O) groups is 4. The molecule has 0 unspecified atom stereocenters. The highest BCUT2D eigenvalue weighted by atomic mass is 16.5. The highest BCUT2D eigenvalue weighted by Crippen LogP contribution is 2.24. The second kappa shape index (κ2) is 13.1. The smallest absolute Gasteiger partial charge is 0.355 e. The van der Waals surface area contributed by atoms with Gasteiger partial charge < -0.3 is 24.5 Å². The van der Waals surface area contributed by atoms with E-state index in [2.05, 4.69) is 10.3 Å². The zero-order chi connectivity index (χ0) is 27.8. The van der Waals surface area contributed by atoms with Crippen molar-refractivity contribution in [2.24, 2.45) is 11.8 Å². The van der Waals surface area contributed by atoms with Gasteiger partial charge in [-0.25, -0.2) is 9.78 Å². The van der Waals surface area contributed by atoms with Gasteiger partial charge in [0.25, 0.3) is 5.91 Å². The fraction of sp³-hybridized carbons (Fsp3) is 0.464. The standard InChI is InChI=1S/C28H35N3O7/c1-17(2)26-19(4)9-10-24(34)29-11-5-7-18(3)13-20(32)14-21(33)15-25-30-22(16-37-25)27(35)31-12-6-8-23(31)28(36)38-26/h5,7-10,13,16-17,19-20,26,32H,6,11-12,14-15H2,1-4H3,(H,29,34)/b7-5-,10-9-,18-13-/t19-,20-,26+/m1/s1. The number of hydrogen-bond donors (Lipinski definition) is 2. The molecule has 10 nitrogen and oxygen atoms in total. The zero-order valence-electron chi connectivity index (χ0n) is 22.2. The minimum atomic E-state index is -1.01. The van der Waals surface area contributed by atoms with E-state index < -0.39 is 24.1 Å². The minimum absolute atomic E-state index is 0.0315. The number of hydrogen-bond acceptors (Lipinski definition) is 8. The quantitative estimate of drug-likeness (QED) is 0.534. The summed E-state index contributed by atoms with van der Waals surface area (Å²) in [7, 11) is 0. The second-order valence-electron chi connectivity index (χ2n) is 9.84. The maximum absolute atomic E-state index is 13.1. The second-order valence-corrected chi connectivity index (χ2v) is 9.84. The Labute approximate surface area is 222 Å². The lowest BCUT2D eigenvalue weighted by molar-refractivity contribution is -0.149. The van der Waals surface area contributed by atoms with E-state index in [1.54, 1.807) is 37.3 Å². The van der Waals surface area contributed by atoms with Crippen LogP contribution in [0.3, 0.4) is 0 Å². The molecule has 1 aromatic heterocycles. The summed E-state index contributed by atoms with van der Waals surface area (Å²) >= 11 is 0. The number of amides is 2. The predicted octanol–water partition coefficient (Wildman–Crippen LogP) is 2.66. The molecule has 2 bridgehead atoms. The lowest BCUT2D eigenvalue weighted by Crippen LogP contribution is -2.36. The number of ether oxygens (including phenoxy) is 1. The van der Waals surface area contributed by atoms with Crippen LogP contribution in [0.4, 0.5) is 0 Å². The number of aliphatic hydroxyl groups excluding tert-OH is 1. The van der Waals surface area contributed by atoms with Gasteiger partial charge in [-0.3, -0.25) is 14.4 Å². The number of oxazole rings is 1. The van der Waals surface area contributed by atoms with E-state index in [0.29, 0.717) is 6.42 Å². The Bertz CT molecular complexity index is 1170. The number of rotatable bonds is 1. The summed E-state index contributed by atoms with van der Waals surface area (Å²) < 4.78 is 11.1. The van der Waals surface area contributed by atoms with Crippen molar-refractivity contribution in [1.82, 2.24) is 15.2 Å². The van der Waals surface area contributed by atoms with Gasteiger partial charge in [0.1, 0.15) is 23.8 Å². The van der Waals surface area contributed by atoms with Crippen molar-refractivity contribution in [2.45, 2.75) is 59.2 Å². The molecule has 0 radical (unpaired) electrons. The van der Waals surface area contributed by atoms with E-state index in [1.807, 2.05) is 20.8 Å². The maximum Gasteiger partial charge on any atom is 0.355 e. The number of fused-ring (bicyclic) bond motifs is 3. The van der Waals surface area contributed by atoms with Crippen LogP contribution in [0.1, 0.15) is 56.9 Å². The highest BCUT2D eigenvalue weighted by Gasteiger charge is 2.33. The van der Waals surface area contributed by atoms with Crippen molar-refractivity contribution in [3.8, 4) is 0 Å². The average Bonchev–Trinajstić information content (AvgIpc) is 3.52. The molecule has 2 aliphatic rings. The molecule has 2 amide bonds. The molecule has 204 valence electrons. The molecule has 2 aliphatic heterocycles. The lowest BCUT2D eigenvalue weighted by atomic mass is 9.94. The van der Waals surface area contributed by atoms with Gasteiger partial charge in [-0.1, -0.05) is 56.7 Å². The molecule has 0 saturated heterocycles. The number of esters is 1. The molecule has 10 heteroatoms. The van der Waals surface area contributed by atoms with Crippen LogP contribution in [0.15, 0.2) is 58.4 Å². The van der Waals surface area contributed by atoms with E-state index in [4.69, 9.17) is 9.15 Å². The van der Waals surface area contributed by atoms with Gasteiger partial charge in [0.2, 0.25) is 11.8 Å². The van der Waals surface area contributed by atoms with Crippen LogP contribution in [0.2, 0.25) is 0 Å². The van der Waals surface area contributed by atoms with Gasteiger partial charge in [-0.15, -0.1) is 0 Å². The Morgan fingerprint density at radius 1 is 1.18 bits per heavy atom. The number of carbonyl (C=O) groups excluding carboxylic acids is 4. The van der Waals surface area contributed by atoms with Gasteiger partial charge >= 0.3 is 5.97 Å². The summed E-state index contributed by atoms with van der Waals surface area (Å²) in [5, 5.41) is 13.0. The summed E-state index contributed by atoms with van der Waals surface area (Å²) in [6, 6.07) is 0. The molecule has 38 heavy (non-hydrogen) atoms. The zero-order valence-corrected chi connectivity index (χ0v) is 22.2. The van der Waals surface area contributed by atoms with Gasteiger partial charge in [0.15, 0.2) is 5.69 Å². The molecule has 3 atom stereocenters. The minimum Gasteiger partial charge on any atom is -0.457 e. The Hall–Kier alpha value is -3.79. The topological polar surface area (TPSA) is 139 Å². The van der Waals surface area contributed by atoms with Crippen molar-refractivity contribution >= 4 is 23.6 Å². The molecule has 3 rings (SSSR count). The number of allylic oxidation sites excluding steroid dienone is 2. The van der Waals surface area contributed by atoms with Crippen LogP contribution in [-0.4, -0.2) is 63.9 Å². The van der Waals surface area contributed by atoms with Crippen LogP contribution >= 0.6 is 0 Å². The van der Waals surface area contributed by atoms with Crippen LogP contribution in [-0.2, 0) is 25.5 Å². The first kappa shape index (κ1) is 28.8. The van der Waals surface area contributed by atoms with Crippen molar-refractivity contribution < 1.29 is 33.4 Å². The molecular weight excluding hydrogens is 490 g/mol. The number of nitrogens with one attached hydrogen (secondary N) is 1. The molecule has 0 spiro atoms. The van der Waals surface area contributed by atoms with Gasteiger partial charge in [0.05, 0.1) is 12.5 Å². The predicted molar refractivity (Wildman–Crippen MR) is 139 cm³/mol. The molecule has 0 aromatic carbocycles. The largest absolute Gasteiger partial charge is 0.457 e. The van der Waals surface area contributed by atoms with Crippen molar-refractivity contribution in [3.63, 3.8) is 0 Å². The lowest BCUT2D eigenvalue weighted by Gasteiger charge is -2.27. The number of aliphatic hydroxyl groups is 1. The Balaban J connectivity index is 1.86. The van der Waals surface area contributed by atoms with Crippen LogP contribution in [0.25, 0.3) is 0 Å². The molecule has 0 saturated carbocycles. The van der Waals surface area contributed by atoms with Crippen LogP contribution in [0, 0.1) is 11.8 Å². The van der Waals surface area contributed by atoms with E-state index in [9.17, 15) is 24.3 Å². The molecular formula is C28H35N3O7. The van der Waals surface area contributed by atoms with E-state index in [1.165, 1.54) is 11.0 Å². The third-order valence-corrected chi connectivity index (χ3v) is 6.19. The maximum atomic E-state index is 13.1. The molecule has 1 aromatic rings. The van der Waals surface area contributed by atoms with E-state index >= 15 is 0 Å². The summed E-state index contributed by atoms with van der Waals surface area (Å²) in [5.74, 6) is -2.07. The average molecular weight is 526 g/mol. The third kappa shape index (κ3) is 7.85. The van der Waals surface area contributed by atoms with Crippen LogP contribution in [0.5, 0.6) is 0 Å². The number of ketones is 1. The third-order valence-electron chi connectivity index (χ3n) is 6.19. The Morgan fingerprint density at radius 3 is 2.68 bits per heavy atom. The van der Waals surface area contributed by atoms with Crippen molar-refractivity contribution in [2.75, 3.05) is 13.1 Å². The summed E-state index contributed by atoms with van der Waals surface area (Å²) in [4.78, 5) is 56.3. The normalized spacial score (nSPS) is 27.6. The Kier molecular flexibility index (Phi) is 9.95. The number of Topliss-reactive ketones (excluding diaryl/α,β-unsaturated/α-hetero) is 1.